The van der Waals surface area contributed by atoms with Gasteiger partial charge in [0.15, 0.2) is 5.96 Å². The number of nitrogens with one attached hydrogen (secondary N) is 2. The number of rotatable bonds is 8. The van der Waals surface area contributed by atoms with Gasteiger partial charge in [0, 0.05) is 32.2 Å². The lowest BCUT2D eigenvalue weighted by Gasteiger charge is -2.18. The summed E-state index contributed by atoms with van der Waals surface area (Å²) in [7, 11) is 3.73. The van der Waals surface area contributed by atoms with Crippen molar-refractivity contribution in [2.45, 2.75) is 26.3 Å². The van der Waals surface area contributed by atoms with Gasteiger partial charge in [0.05, 0.1) is 0 Å². The summed E-state index contributed by atoms with van der Waals surface area (Å²) in [4.78, 5) is 6.32. The second-order valence-electron chi connectivity index (χ2n) is 5.25. The Morgan fingerprint density at radius 3 is 2.68 bits per heavy atom. The van der Waals surface area contributed by atoms with Gasteiger partial charge in [-0.15, -0.1) is 0 Å². The molecule has 1 aromatic rings. The fourth-order valence-electron chi connectivity index (χ4n) is 1.98. The first-order valence-corrected chi connectivity index (χ1v) is 7.63. The Bertz CT molecular complexity index is 477. The number of aliphatic imine (C=N–C) groups is 1. The minimum atomic E-state index is -0.446. The molecule has 0 amide bonds. The van der Waals surface area contributed by atoms with Crippen LogP contribution in [-0.2, 0) is 6.54 Å². The lowest BCUT2D eigenvalue weighted by molar-refractivity contribution is 0.332. The Kier molecular flexibility index (Phi) is 8.43. The number of guanidine groups is 1. The SMILES string of the molecule is CCCCN(C)CCNC(=NC)NCc1cc(F)ccc1F. The number of likely N-dealkylation sites (N-methyl/N-ethyl adjacent to an activating group) is 1. The Labute approximate surface area is 131 Å². The maximum absolute atomic E-state index is 13.5. The zero-order valence-corrected chi connectivity index (χ0v) is 13.6. The summed E-state index contributed by atoms with van der Waals surface area (Å²) in [6, 6.07) is 3.43. The highest BCUT2D eigenvalue weighted by Gasteiger charge is 2.05. The van der Waals surface area contributed by atoms with E-state index in [4.69, 9.17) is 0 Å². The lowest BCUT2D eigenvalue weighted by atomic mass is 10.2. The zero-order chi connectivity index (χ0) is 16.4. The van der Waals surface area contributed by atoms with E-state index < -0.39 is 11.6 Å². The van der Waals surface area contributed by atoms with Gasteiger partial charge in [0.2, 0.25) is 0 Å². The van der Waals surface area contributed by atoms with Crippen molar-refractivity contribution < 1.29 is 8.78 Å². The van der Waals surface area contributed by atoms with Crippen LogP contribution in [-0.4, -0.2) is 44.6 Å². The summed E-state index contributed by atoms with van der Waals surface area (Å²) in [5.41, 5.74) is 0.281. The molecule has 0 aliphatic heterocycles. The van der Waals surface area contributed by atoms with Crippen LogP contribution in [0, 0.1) is 11.6 Å². The molecule has 1 aromatic carbocycles. The highest BCUT2D eigenvalue weighted by molar-refractivity contribution is 5.79. The van der Waals surface area contributed by atoms with Crippen molar-refractivity contribution in [2.75, 3.05) is 33.7 Å². The van der Waals surface area contributed by atoms with Crippen LogP contribution in [0.25, 0.3) is 0 Å². The minimum absolute atomic E-state index is 0.189. The molecule has 0 bridgehead atoms. The average molecular weight is 312 g/mol. The van der Waals surface area contributed by atoms with Crippen molar-refractivity contribution in [3.63, 3.8) is 0 Å². The van der Waals surface area contributed by atoms with Crippen LogP contribution >= 0.6 is 0 Å². The summed E-state index contributed by atoms with van der Waals surface area (Å²) in [6.07, 6.45) is 2.36. The van der Waals surface area contributed by atoms with Crippen LogP contribution in [0.15, 0.2) is 23.2 Å². The molecule has 124 valence electrons. The largest absolute Gasteiger partial charge is 0.355 e. The molecule has 4 nitrogen and oxygen atoms in total. The molecule has 0 heterocycles. The van der Waals surface area contributed by atoms with E-state index in [0.717, 1.165) is 31.8 Å². The maximum Gasteiger partial charge on any atom is 0.191 e. The second kappa shape index (κ2) is 10.1. The Morgan fingerprint density at radius 2 is 2.00 bits per heavy atom. The highest BCUT2D eigenvalue weighted by atomic mass is 19.1. The van der Waals surface area contributed by atoms with E-state index in [9.17, 15) is 8.78 Å². The standard InChI is InChI=1S/C16H26F2N4/c1-4-5-9-22(3)10-8-20-16(19-2)21-12-13-11-14(17)6-7-15(13)18/h6-7,11H,4-5,8-10,12H2,1-3H3,(H2,19,20,21). The van der Waals surface area contributed by atoms with E-state index in [-0.39, 0.29) is 12.1 Å². The summed E-state index contributed by atoms with van der Waals surface area (Å²) in [5.74, 6) is -0.296. The summed E-state index contributed by atoms with van der Waals surface area (Å²) in [5, 5.41) is 6.15. The number of benzene rings is 1. The van der Waals surface area contributed by atoms with Crippen molar-refractivity contribution in [2.24, 2.45) is 4.99 Å². The molecule has 0 saturated carbocycles. The summed E-state index contributed by atoms with van der Waals surface area (Å²) < 4.78 is 26.6. The lowest BCUT2D eigenvalue weighted by Crippen LogP contribution is -2.40. The molecule has 0 spiro atoms. The van der Waals surface area contributed by atoms with E-state index in [1.807, 2.05) is 0 Å². The van der Waals surface area contributed by atoms with Crippen molar-refractivity contribution >= 4 is 5.96 Å². The number of hydrogen-bond acceptors (Lipinski definition) is 2. The first-order valence-electron chi connectivity index (χ1n) is 7.63. The fourth-order valence-corrected chi connectivity index (χ4v) is 1.98. The quantitative estimate of drug-likeness (QED) is 0.572. The van der Waals surface area contributed by atoms with Crippen molar-refractivity contribution in [3.05, 3.63) is 35.4 Å². The predicted molar refractivity (Wildman–Crippen MR) is 87.0 cm³/mol. The topological polar surface area (TPSA) is 39.7 Å². The first kappa shape index (κ1) is 18.4. The summed E-state index contributed by atoms with van der Waals surface area (Å²) in [6.45, 7) is 5.07. The van der Waals surface area contributed by atoms with Crippen LogP contribution in [0.1, 0.15) is 25.3 Å². The number of hydrogen-bond donors (Lipinski definition) is 2. The summed E-state index contributed by atoms with van der Waals surface area (Å²) >= 11 is 0. The molecule has 0 aliphatic rings. The Morgan fingerprint density at radius 1 is 1.23 bits per heavy atom. The van der Waals surface area contributed by atoms with Crippen LogP contribution in [0.4, 0.5) is 8.78 Å². The molecule has 0 unspecified atom stereocenters. The normalized spacial score (nSPS) is 11.8. The average Bonchev–Trinajstić information content (AvgIpc) is 2.51. The van der Waals surface area contributed by atoms with Gasteiger partial charge < -0.3 is 15.5 Å². The number of unbranched alkanes of at least 4 members (excludes halogenated alkanes) is 1. The van der Waals surface area contributed by atoms with Crippen LogP contribution in [0.5, 0.6) is 0 Å². The van der Waals surface area contributed by atoms with Crippen molar-refractivity contribution in [3.8, 4) is 0 Å². The third kappa shape index (κ3) is 6.85. The minimum Gasteiger partial charge on any atom is -0.355 e. The molecule has 1 rings (SSSR count). The molecule has 22 heavy (non-hydrogen) atoms. The fraction of sp³-hybridized carbons (Fsp3) is 0.562. The van der Waals surface area contributed by atoms with Crippen LogP contribution in [0.3, 0.4) is 0 Å². The van der Waals surface area contributed by atoms with Gasteiger partial charge in [-0.2, -0.15) is 0 Å². The Balaban J connectivity index is 2.35. The second-order valence-corrected chi connectivity index (χ2v) is 5.25. The van der Waals surface area contributed by atoms with Crippen molar-refractivity contribution in [1.82, 2.24) is 15.5 Å². The third-order valence-corrected chi connectivity index (χ3v) is 3.36. The van der Waals surface area contributed by atoms with Gasteiger partial charge in [0.1, 0.15) is 11.6 Å². The van der Waals surface area contributed by atoms with E-state index in [0.29, 0.717) is 5.96 Å². The molecule has 0 aliphatic carbocycles. The van der Waals surface area contributed by atoms with E-state index in [2.05, 4.69) is 34.5 Å². The van der Waals surface area contributed by atoms with Gasteiger partial charge in [-0.25, -0.2) is 8.78 Å². The van der Waals surface area contributed by atoms with E-state index in [1.165, 1.54) is 18.9 Å². The third-order valence-electron chi connectivity index (χ3n) is 3.36. The van der Waals surface area contributed by atoms with Gasteiger partial charge in [-0.1, -0.05) is 13.3 Å². The van der Waals surface area contributed by atoms with Gasteiger partial charge in [0.25, 0.3) is 0 Å². The molecule has 0 atom stereocenters. The van der Waals surface area contributed by atoms with E-state index in [1.54, 1.807) is 7.05 Å². The highest BCUT2D eigenvalue weighted by Crippen LogP contribution is 2.08. The zero-order valence-electron chi connectivity index (χ0n) is 13.6. The van der Waals surface area contributed by atoms with Crippen LogP contribution < -0.4 is 10.6 Å². The molecule has 6 heteroatoms. The monoisotopic (exact) mass is 312 g/mol. The Hall–Kier alpha value is -1.69. The smallest absolute Gasteiger partial charge is 0.191 e. The molecule has 0 aromatic heterocycles. The number of nitrogens with zero attached hydrogens (tertiary/aromatic N) is 2. The van der Waals surface area contributed by atoms with Gasteiger partial charge in [-0.05, 0) is 38.2 Å². The number of halogens is 2. The first-order chi connectivity index (χ1) is 10.6. The van der Waals surface area contributed by atoms with E-state index >= 15 is 0 Å². The van der Waals surface area contributed by atoms with Crippen LogP contribution in [0.2, 0.25) is 0 Å². The predicted octanol–water partition coefficient (Wildman–Crippen LogP) is 2.36. The molecule has 0 fully saturated rings. The molecule has 2 N–H and O–H groups in total. The molecular formula is C16H26F2N4. The van der Waals surface area contributed by atoms with Gasteiger partial charge >= 0.3 is 0 Å². The maximum atomic E-state index is 13.5. The van der Waals surface area contributed by atoms with Crippen molar-refractivity contribution in [1.29, 1.82) is 0 Å². The molecular weight excluding hydrogens is 286 g/mol. The van der Waals surface area contributed by atoms with Gasteiger partial charge in [-0.3, -0.25) is 4.99 Å². The molecule has 0 radical (unpaired) electrons. The molecule has 0 saturated heterocycles.